The SMILES string of the molecule is COc1cccc(CN(CC2CCCO2)C(=O)CSc2nncn2-c2ccc(C(C)C)cc2)c1. The molecule has 1 saturated heterocycles. The molecule has 3 aromatic rings. The molecular weight excluding hydrogens is 448 g/mol. The molecule has 1 atom stereocenters. The Morgan fingerprint density at radius 2 is 2.09 bits per heavy atom. The molecule has 8 heteroatoms. The van der Waals surface area contributed by atoms with Crippen molar-refractivity contribution >= 4 is 17.7 Å². The van der Waals surface area contributed by atoms with Crippen molar-refractivity contribution in [2.45, 2.75) is 50.4 Å². The topological polar surface area (TPSA) is 69.5 Å². The van der Waals surface area contributed by atoms with Gasteiger partial charge in [-0.25, -0.2) is 0 Å². The largest absolute Gasteiger partial charge is 0.497 e. The van der Waals surface area contributed by atoms with Gasteiger partial charge < -0.3 is 14.4 Å². The molecule has 0 spiro atoms. The summed E-state index contributed by atoms with van der Waals surface area (Å²) >= 11 is 1.40. The number of rotatable bonds is 10. The van der Waals surface area contributed by atoms with Gasteiger partial charge in [-0.3, -0.25) is 9.36 Å². The van der Waals surface area contributed by atoms with Crippen molar-refractivity contribution in [1.82, 2.24) is 19.7 Å². The molecule has 1 amide bonds. The van der Waals surface area contributed by atoms with Crippen LogP contribution in [0.1, 0.15) is 43.7 Å². The number of hydrogen-bond acceptors (Lipinski definition) is 6. The monoisotopic (exact) mass is 480 g/mol. The van der Waals surface area contributed by atoms with Crippen LogP contribution in [0.3, 0.4) is 0 Å². The van der Waals surface area contributed by atoms with Crippen LogP contribution in [0, 0.1) is 0 Å². The molecule has 1 fully saturated rings. The molecule has 0 N–H and O–H groups in total. The van der Waals surface area contributed by atoms with Crippen molar-refractivity contribution in [3.8, 4) is 11.4 Å². The van der Waals surface area contributed by atoms with E-state index < -0.39 is 0 Å². The zero-order valence-electron chi connectivity index (χ0n) is 20.0. The second-order valence-electron chi connectivity index (χ2n) is 8.78. The number of aromatic nitrogens is 3. The van der Waals surface area contributed by atoms with Crippen LogP contribution in [-0.2, 0) is 16.1 Å². The van der Waals surface area contributed by atoms with E-state index in [9.17, 15) is 4.79 Å². The number of benzene rings is 2. The second kappa shape index (κ2) is 11.5. The number of methoxy groups -OCH3 is 1. The van der Waals surface area contributed by atoms with Crippen LogP contribution in [0.4, 0.5) is 0 Å². The fourth-order valence-electron chi connectivity index (χ4n) is 4.02. The third-order valence-electron chi connectivity index (χ3n) is 5.99. The summed E-state index contributed by atoms with van der Waals surface area (Å²) in [6.45, 7) is 6.21. The first-order chi connectivity index (χ1) is 16.5. The zero-order chi connectivity index (χ0) is 23.9. The van der Waals surface area contributed by atoms with Crippen LogP contribution >= 0.6 is 11.8 Å². The molecule has 34 heavy (non-hydrogen) atoms. The Bertz CT molecular complexity index is 1080. The van der Waals surface area contributed by atoms with Gasteiger partial charge in [-0.05, 0) is 54.2 Å². The summed E-state index contributed by atoms with van der Waals surface area (Å²) in [5.41, 5.74) is 3.30. The molecule has 0 bridgehead atoms. The van der Waals surface area contributed by atoms with Gasteiger partial charge in [0.1, 0.15) is 12.1 Å². The fourth-order valence-corrected chi connectivity index (χ4v) is 4.85. The third-order valence-corrected chi connectivity index (χ3v) is 6.92. The van der Waals surface area contributed by atoms with E-state index in [4.69, 9.17) is 9.47 Å². The van der Waals surface area contributed by atoms with Gasteiger partial charge in [-0.2, -0.15) is 0 Å². The van der Waals surface area contributed by atoms with Crippen molar-refractivity contribution in [2.24, 2.45) is 0 Å². The average Bonchev–Trinajstić information content (AvgIpc) is 3.54. The van der Waals surface area contributed by atoms with E-state index >= 15 is 0 Å². The summed E-state index contributed by atoms with van der Waals surface area (Å²) in [6.07, 6.45) is 3.80. The molecule has 4 rings (SSSR count). The first-order valence-corrected chi connectivity index (χ1v) is 12.7. The maximum Gasteiger partial charge on any atom is 0.233 e. The van der Waals surface area contributed by atoms with E-state index in [1.165, 1.54) is 17.3 Å². The highest BCUT2D eigenvalue weighted by atomic mass is 32.2. The van der Waals surface area contributed by atoms with Crippen LogP contribution in [-0.4, -0.2) is 57.7 Å². The summed E-state index contributed by atoms with van der Waals surface area (Å²) in [6, 6.07) is 16.2. The molecule has 0 aliphatic carbocycles. The van der Waals surface area contributed by atoms with Crippen molar-refractivity contribution in [3.63, 3.8) is 0 Å². The minimum absolute atomic E-state index is 0.0491. The normalized spacial score (nSPS) is 15.6. The summed E-state index contributed by atoms with van der Waals surface area (Å²) in [7, 11) is 1.65. The molecule has 1 unspecified atom stereocenters. The molecule has 1 aliphatic heterocycles. The van der Waals surface area contributed by atoms with Crippen molar-refractivity contribution < 1.29 is 14.3 Å². The minimum Gasteiger partial charge on any atom is -0.497 e. The lowest BCUT2D eigenvalue weighted by Gasteiger charge is -2.25. The van der Waals surface area contributed by atoms with E-state index in [0.29, 0.717) is 24.2 Å². The summed E-state index contributed by atoms with van der Waals surface area (Å²) in [5.74, 6) is 1.58. The van der Waals surface area contributed by atoms with Crippen LogP contribution in [0.25, 0.3) is 5.69 Å². The van der Waals surface area contributed by atoms with Gasteiger partial charge in [0.25, 0.3) is 0 Å². The Labute approximate surface area is 205 Å². The maximum absolute atomic E-state index is 13.3. The van der Waals surface area contributed by atoms with E-state index in [-0.39, 0.29) is 17.8 Å². The first kappa shape index (κ1) is 24.3. The Hall–Kier alpha value is -2.84. The van der Waals surface area contributed by atoms with E-state index in [1.807, 2.05) is 33.7 Å². The molecule has 2 aromatic carbocycles. The van der Waals surface area contributed by atoms with E-state index in [0.717, 1.165) is 36.4 Å². The smallest absolute Gasteiger partial charge is 0.233 e. The molecule has 2 heterocycles. The van der Waals surface area contributed by atoms with Crippen molar-refractivity contribution in [3.05, 3.63) is 66.0 Å². The number of carbonyl (C=O) groups is 1. The molecule has 7 nitrogen and oxygen atoms in total. The second-order valence-corrected chi connectivity index (χ2v) is 9.72. The molecule has 1 aliphatic rings. The number of amides is 1. The van der Waals surface area contributed by atoms with Crippen molar-refractivity contribution in [1.29, 1.82) is 0 Å². The molecule has 180 valence electrons. The molecule has 0 saturated carbocycles. The molecule has 0 radical (unpaired) electrons. The lowest BCUT2D eigenvalue weighted by molar-refractivity contribution is -0.130. The molecule has 1 aromatic heterocycles. The maximum atomic E-state index is 13.3. The lowest BCUT2D eigenvalue weighted by atomic mass is 10.0. The van der Waals surface area contributed by atoms with Crippen molar-refractivity contribution in [2.75, 3.05) is 26.0 Å². The molecular formula is C26H32N4O3S. The number of carbonyl (C=O) groups excluding carboxylic acids is 1. The summed E-state index contributed by atoms with van der Waals surface area (Å²) < 4.78 is 13.1. The first-order valence-electron chi connectivity index (χ1n) is 11.7. The minimum atomic E-state index is 0.0491. The quantitative estimate of drug-likeness (QED) is 0.392. The highest BCUT2D eigenvalue weighted by molar-refractivity contribution is 7.99. The predicted octanol–water partition coefficient (Wildman–Crippen LogP) is 4.70. The van der Waals surface area contributed by atoms with E-state index in [2.05, 4.69) is 48.3 Å². The zero-order valence-corrected chi connectivity index (χ0v) is 20.8. The number of ether oxygens (including phenoxy) is 2. The van der Waals surface area contributed by atoms with Gasteiger partial charge in [0.2, 0.25) is 5.91 Å². The third kappa shape index (κ3) is 6.18. The van der Waals surface area contributed by atoms with Crippen LogP contribution in [0.2, 0.25) is 0 Å². The Morgan fingerprint density at radius 1 is 1.26 bits per heavy atom. The van der Waals surface area contributed by atoms with E-state index in [1.54, 1.807) is 13.4 Å². The Balaban J connectivity index is 1.44. The number of nitrogens with zero attached hydrogens (tertiary/aromatic N) is 4. The number of hydrogen-bond donors (Lipinski definition) is 0. The Kier molecular flexibility index (Phi) is 8.24. The number of thioether (sulfide) groups is 1. The van der Waals surface area contributed by atoms with Gasteiger partial charge in [0, 0.05) is 25.4 Å². The Morgan fingerprint density at radius 3 is 2.79 bits per heavy atom. The standard InChI is InChI=1S/C26H32N4O3S/c1-19(2)21-9-11-22(12-10-21)30-18-27-28-26(30)34-17-25(31)29(16-24-8-5-13-33-24)15-20-6-4-7-23(14-20)32-3/h4,6-7,9-12,14,18-19,24H,5,8,13,15-17H2,1-3H3. The van der Waals surface area contributed by atoms with Gasteiger partial charge >= 0.3 is 0 Å². The summed E-state index contributed by atoms with van der Waals surface area (Å²) in [4.78, 5) is 15.2. The van der Waals surface area contributed by atoms with Crippen LogP contribution in [0.5, 0.6) is 5.75 Å². The highest BCUT2D eigenvalue weighted by Gasteiger charge is 2.23. The van der Waals surface area contributed by atoms with Crippen LogP contribution < -0.4 is 4.74 Å². The van der Waals surface area contributed by atoms with Gasteiger partial charge in [0.05, 0.1) is 19.0 Å². The fraction of sp³-hybridized carbons (Fsp3) is 0.423. The average molecular weight is 481 g/mol. The van der Waals surface area contributed by atoms with Gasteiger partial charge in [-0.1, -0.05) is 49.9 Å². The van der Waals surface area contributed by atoms with Gasteiger partial charge in [-0.15, -0.1) is 10.2 Å². The van der Waals surface area contributed by atoms with Gasteiger partial charge in [0.15, 0.2) is 5.16 Å². The highest BCUT2D eigenvalue weighted by Crippen LogP contribution is 2.24. The summed E-state index contributed by atoms with van der Waals surface area (Å²) in [5, 5.41) is 9.04. The predicted molar refractivity (Wildman–Crippen MR) is 134 cm³/mol. The van der Waals surface area contributed by atoms with Crippen LogP contribution in [0.15, 0.2) is 60.0 Å². The lowest BCUT2D eigenvalue weighted by Crippen LogP contribution is -2.38.